The van der Waals surface area contributed by atoms with Crippen molar-refractivity contribution in [2.24, 2.45) is 5.73 Å². The van der Waals surface area contributed by atoms with Crippen LogP contribution >= 0.6 is 12.4 Å². The van der Waals surface area contributed by atoms with E-state index in [2.05, 4.69) is 46.3 Å². The molecule has 3 aromatic rings. The molecular weight excluding hydrogens is 374 g/mol. The van der Waals surface area contributed by atoms with E-state index in [1.54, 1.807) is 0 Å². The Kier molecular flexibility index (Phi) is 6.80. The molecule has 2 heterocycles. The Morgan fingerprint density at radius 2 is 1.68 bits per heavy atom. The van der Waals surface area contributed by atoms with E-state index < -0.39 is 0 Å². The number of halogens is 1. The summed E-state index contributed by atoms with van der Waals surface area (Å²) in [5, 5.41) is 4.24. The van der Waals surface area contributed by atoms with Gasteiger partial charge in [0.15, 0.2) is 0 Å². The van der Waals surface area contributed by atoms with Gasteiger partial charge in [0.25, 0.3) is 0 Å². The number of hydrogen-bond donors (Lipinski definition) is 1. The molecule has 0 spiro atoms. The lowest BCUT2D eigenvalue weighted by Crippen LogP contribution is -2.46. The van der Waals surface area contributed by atoms with Crippen molar-refractivity contribution in [2.75, 3.05) is 33.2 Å². The van der Waals surface area contributed by atoms with Crippen LogP contribution in [0.1, 0.15) is 23.1 Å². The fourth-order valence-electron chi connectivity index (χ4n) is 3.48. The lowest BCUT2D eigenvalue weighted by molar-refractivity contribution is 0.111. The molecule has 4 rings (SSSR count). The lowest BCUT2D eigenvalue weighted by atomic mass is 10.0. The largest absolute Gasteiger partial charge is 0.337 e. The monoisotopic (exact) mass is 399 g/mol. The summed E-state index contributed by atoms with van der Waals surface area (Å²) in [6.07, 6.45) is 0. The van der Waals surface area contributed by atoms with Gasteiger partial charge in [-0.1, -0.05) is 59.8 Å². The summed E-state index contributed by atoms with van der Waals surface area (Å²) in [7, 11) is 2.16. The lowest BCUT2D eigenvalue weighted by Gasteiger charge is -2.36. The number of hydrogen-bond acceptors (Lipinski definition) is 6. The smallest absolute Gasteiger partial charge is 0.248 e. The second-order valence-corrected chi connectivity index (χ2v) is 7.01. The topological polar surface area (TPSA) is 71.4 Å². The minimum absolute atomic E-state index is 0. The first-order valence-corrected chi connectivity index (χ1v) is 9.35. The molecule has 0 aliphatic carbocycles. The third-order valence-electron chi connectivity index (χ3n) is 5.14. The molecule has 0 amide bonds. The average Bonchev–Trinajstić information content (AvgIpc) is 3.20. The van der Waals surface area contributed by atoms with Gasteiger partial charge in [-0.15, -0.1) is 12.4 Å². The molecule has 1 aliphatic heterocycles. The number of likely N-dealkylation sites (N-methyl/N-ethyl adjacent to an activating group) is 1. The zero-order valence-corrected chi connectivity index (χ0v) is 16.8. The Labute approximate surface area is 171 Å². The second-order valence-electron chi connectivity index (χ2n) is 7.01. The summed E-state index contributed by atoms with van der Waals surface area (Å²) in [5.41, 5.74) is 8.88. The third-order valence-corrected chi connectivity index (χ3v) is 5.14. The molecule has 1 aliphatic rings. The summed E-state index contributed by atoms with van der Waals surface area (Å²) >= 11 is 0. The van der Waals surface area contributed by atoms with Crippen LogP contribution < -0.4 is 5.73 Å². The molecule has 1 unspecified atom stereocenters. The quantitative estimate of drug-likeness (QED) is 0.711. The molecule has 0 saturated carbocycles. The molecule has 1 aromatic heterocycles. The van der Waals surface area contributed by atoms with E-state index in [0.29, 0.717) is 18.3 Å². The van der Waals surface area contributed by atoms with Crippen LogP contribution in [-0.4, -0.2) is 53.2 Å². The van der Waals surface area contributed by atoms with E-state index in [1.165, 1.54) is 5.56 Å². The number of nitrogens with two attached hydrogens (primary N) is 1. The third kappa shape index (κ3) is 4.42. The van der Waals surface area contributed by atoms with Crippen molar-refractivity contribution in [1.82, 2.24) is 19.9 Å². The fraction of sp³-hybridized carbons (Fsp3) is 0.333. The maximum atomic E-state index is 5.73. The van der Waals surface area contributed by atoms with Gasteiger partial charge in [0, 0.05) is 38.3 Å². The van der Waals surface area contributed by atoms with Crippen LogP contribution in [0.15, 0.2) is 59.1 Å². The zero-order valence-electron chi connectivity index (χ0n) is 16.0. The van der Waals surface area contributed by atoms with E-state index >= 15 is 0 Å². The van der Waals surface area contributed by atoms with Gasteiger partial charge in [-0.3, -0.25) is 4.90 Å². The van der Waals surface area contributed by atoms with Gasteiger partial charge in [0.1, 0.15) is 6.04 Å². The normalized spacial score (nSPS) is 16.5. The van der Waals surface area contributed by atoms with Crippen molar-refractivity contribution in [2.45, 2.75) is 12.6 Å². The van der Waals surface area contributed by atoms with Crippen molar-refractivity contribution in [3.63, 3.8) is 0 Å². The van der Waals surface area contributed by atoms with Gasteiger partial charge >= 0.3 is 0 Å². The maximum absolute atomic E-state index is 5.73. The van der Waals surface area contributed by atoms with E-state index in [0.717, 1.165) is 37.3 Å². The molecule has 1 saturated heterocycles. The minimum Gasteiger partial charge on any atom is -0.337 e. The predicted octanol–water partition coefficient (Wildman–Crippen LogP) is 2.95. The molecule has 148 valence electrons. The van der Waals surface area contributed by atoms with Crippen LogP contribution in [-0.2, 0) is 6.54 Å². The molecule has 28 heavy (non-hydrogen) atoms. The summed E-state index contributed by atoms with van der Waals surface area (Å²) < 4.78 is 5.73. The molecular formula is C21H26ClN5O. The predicted molar refractivity (Wildman–Crippen MR) is 112 cm³/mol. The van der Waals surface area contributed by atoms with Gasteiger partial charge < -0.3 is 15.2 Å². The number of rotatable bonds is 5. The van der Waals surface area contributed by atoms with Gasteiger partial charge in [-0.05, 0) is 18.2 Å². The van der Waals surface area contributed by atoms with Crippen LogP contribution in [0.25, 0.3) is 11.4 Å². The van der Waals surface area contributed by atoms with Crippen molar-refractivity contribution in [3.8, 4) is 11.4 Å². The molecule has 2 aromatic carbocycles. The second kappa shape index (κ2) is 9.30. The zero-order chi connectivity index (χ0) is 18.6. The maximum Gasteiger partial charge on any atom is 0.248 e. The summed E-state index contributed by atoms with van der Waals surface area (Å²) in [6.45, 7) is 4.53. The van der Waals surface area contributed by atoms with Crippen molar-refractivity contribution >= 4 is 12.4 Å². The molecule has 6 nitrogen and oxygen atoms in total. The number of piperazine rings is 1. The van der Waals surface area contributed by atoms with Crippen molar-refractivity contribution in [1.29, 1.82) is 0 Å². The van der Waals surface area contributed by atoms with Crippen LogP contribution in [0, 0.1) is 0 Å². The van der Waals surface area contributed by atoms with Crippen LogP contribution in [0.2, 0.25) is 0 Å². The van der Waals surface area contributed by atoms with Crippen molar-refractivity contribution < 1.29 is 4.52 Å². The minimum atomic E-state index is -0.0236. The highest BCUT2D eigenvalue weighted by molar-refractivity contribution is 5.85. The first-order chi connectivity index (χ1) is 13.2. The Morgan fingerprint density at radius 1 is 1.00 bits per heavy atom. The van der Waals surface area contributed by atoms with Crippen molar-refractivity contribution in [3.05, 3.63) is 71.6 Å². The number of nitrogens with zero attached hydrogens (tertiary/aromatic N) is 4. The van der Waals surface area contributed by atoms with E-state index in [1.807, 2.05) is 30.3 Å². The van der Waals surface area contributed by atoms with Crippen LogP contribution in [0.3, 0.4) is 0 Å². The van der Waals surface area contributed by atoms with Crippen LogP contribution in [0.4, 0.5) is 0 Å². The number of benzene rings is 2. The highest BCUT2D eigenvalue weighted by Crippen LogP contribution is 2.30. The number of aromatic nitrogens is 2. The summed E-state index contributed by atoms with van der Waals surface area (Å²) in [4.78, 5) is 9.51. The standard InChI is InChI=1S/C21H25N5O.ClH/c1-25-11-13-26(14-12-25)19(17-5-3-2-4-6-17)21-23-20(24-27-21)18-9-7-16(15-22)8-10-18;/h2-10,19H,11-15,22H2,1H3;1H. The summed E-state index contributed by atoms with van der Waals surface area (Å²) in [5.74, 6) is 1.26. The van der Waals surface area contributed by atoms with Gasteiger partial charge in [-0.2, -0.15) is 4.98 Å². The molecule has 2 N–H and O–H groups in total. The Hall–Kier alpha value is -2.25. The Balaban J connectivity index is 0.00000225. The first kappa shape index (κ1) is 20.5. The molecule has 1 fully saturated rings. The van der Waals surface area contributed by atoms with Crippen LogP contribution in [0.5, 0.6) is 0 Å². The molecule has 7 heteroatoms. The van der Waals surface area contributed by atoms with Gasteiger partial charge in [0.2, 0.25) is 11.7 Å². The first-order valence-electron chi connectivity index (χ1n) is 9.35. The highest BCUT2D eigenvalue weighted by atomic mass is 35.5. The Morgan fingerprint density at radius 3 is 2.32 bits per heavy atom. The average molecular weight is 400 g/mol. The van der Waals surface area contributed by atoms with Gasteiger partial charge in [0.05, 0.1) is 0 Å². The molecule has 0 bridgehead atoms. The Bertz CT molecular complexity index is 860. The molecule has 0 radical (unpaired) electrons. The van der Waals surface area contributed by atoms with E-state index in [-0.39, 0.29) is 18.4 Å². The fourth-order valence-corrected chi connectivity index (χ4v) is 3.48. The van der Waals surface area contributed by atoms with E-state index in [4.69, 9.17) is 15.2 Å². The highest BCUT2D eigenvalue weighted by Gasteiger charge is 2.30. The van der Waals surface area contributed by atoms with Gasteiger partial charge in [-0.25, -0.2) is 0 Å². The van der Waals surface area contributed by atoms with E-state index in [9.17, 15) is 0 Å². The summed E-state index contributed by atoms with van der Waals surface area (Å²) in [6, 6.07) is 18.4. The SMILES string of the molecule is CN1CCN(C(c2ccccc2)c2nc(-c3ccc(CN)cc3)no2)CC1.Cl. The molecule has 1 atom stereocenters.